The number of benzene rings is 1. The molecule has 0 unspecified atom stereocenters. The number of nitrogens with one attached hydrogen (secondary N) is 1. The summed E-state index contributed by atoms with van der Waals surface area (Å²) in [4.78, 5) is 22.5. The van der Waals surface area contributed by atoms with Crippen molar-refractivity contribution in [3.8, 4) is 0 Å². The Balaban J connectivity index is 2.72. The number of nitrogens with zero attached hydrogens (tertiary/aromatic N) is 2. The number of halogens is 1. The Morgan fingerprint density at radius 1 is 1.31 bits per heavy atom. The molecular formula is C19H30ClN3O5S. The van der Waals surface area contributed by atoms with Gasteiger partial charge < -0.3 is 5.32 Å². The third-order valence-electron chi connectivity index (χ3n) is 4.71. The first kappa shape index (κ1) is 25.2. The molecule has 8 nitrogen and oxygen atoms in total. The second-order valence-corrected chi connectivity index (χ2v) is 9.37. The predicted molar refractivity (Wildman–Crippen MR) is 116 cm³/mol. The van der Waals surface area contributed by atoms with Gasteiger partial charge in [0.1, 0.15) is 0 Å². The summed E-state index contributed by atoms with van der Waals surface area (Å²) in [5.41, 5.74) is -0.220. The summed E-state index contributed by atoms with van der Waals surface area (Å²) < 4.78 is 25.4. The fourth-order valence-corrected chi connectivity index (χ4v) is 4.18. The quantitative estimate of drug-likeness (QED) is 0.361. The number of hydrogen-bond donors (Lipinski definition) is 1. The Hall–Kier alpha value is -1.87. The van der Waals surface area contributed by atoms with Gasteiger partial charge in [-0.15, -0.1) is 0 Å². The number of nitro benzene ring substituents is 1. The molecule has 0 fully saturated rings. The van der Waals surface area contributed by atoms with Crippen LogP contribution < -0.4 is 9.62 Å². The molecule has 1 N–H and O–H groups in total. The molecule has 0 spiro atoms. The Morgan fingerprint density at radius 3 is 2.55 bits per heavy atom. The van der Waals surface area contributed by atoms with Crippen molar-refractivity contribution in [1.29, 1.82) is 0 Å². The molecule has 1 aromatic carbocycles. The van der Waals surface area contributed by atoms with Crippen molar-refractivity contribution < 1.29 is 18.1 Å². The van der Waals surface area contributed by atoms with Crippen LogP contribution in [-0.4, -0.2) is 38.6 Å². The lowest BCUT2D eigenvalue weighted by Crippen LogP contribution is -2.33. The van der Waals surface area contributed by atoms with Crippen molar-refractivity contribution in [1.82, 2.24) is 5.32 Å². The molecule has 0 bridgehead atoms. The van der Waals surface area contributed by atoms with Crippen molar-refractivity contribution in [3.63, 3.8) is 0 Å². The number of carbonyl (C=O) groups is 1. The third kappa shape index (κ3) is 8.57. The van der Waals surface area contributed by atoms with E-state index in [9.17, 15) is 23.3 Å². The number of rotatable bonds is 13. The SMILES string of the molecule is CCCC[C@H](CC)CNC(=O)CCCN(c1cc([N+](=O)[O-])ccc1Cl)S(C)(=O)=O. The Labute approximate surface area is 177 Å². The summed E-state index contributed by atoms with van der Waals surface area (Å²) in [6.45, 7) is 4.84. The van der Waals surface area contributed by atoms with Crippen LogP contribution >= 0.6 is 11.6 Å². The van der Waals surface area contributed by atoms with Gasteiger partial charge in [-0.3, -0.25) is 19.2 Å². The lowest BCUT2D eigenvalue weighted by atomic mass is 9.99. The summed E-state index contributed by atoms with van der Waals surface area (Å²) in [7, 11) is -3.73. The maximum absolute atomic E-state index is 12.2. The molecule has 0 saturated carbocycles. The summed E-state index contributed by atoms with van der Waals surface area (Å²) in [6, 6.07) is 3.63. The van der Waals surface area contributed by atoms with Crippen LogP contribution in [0.15, 0.2) is 18.2 Å². The highest BCUT2D eigenvalue weighted by Crippen LogP contribution is 2.31. The molecule has 0 heterocycles. The number of amides is 1. The van der Waals surface area contributed by atoms with Crippen LogP contribution in [0.5, 0.6) is 0 Å². The number of nitro groups is 1. The lowest BCUT2D eigenvalue weighted by molar-refractivity contribution is -0.384. The molecule has 0 radical (unpaired) electrons. The standard InChI is InChI=1S/C19H30ClN3O5S/c1-4-6-8-15(5-2)14-21-19(24)9-7-12-22(29(3,27)28)18-13-16(23(25)26)10-11-17(18)20/h10-11,13,15H,4-9,12,14H2,1-3H3,(H,21,24)/t15-/m0/s1. The van der Waals surface area contributed by atoms with Gasteiger partial charge in [-0.25, -0.2) is 8.42 Å². The summed E-state index contributed by atoms with van der Waals surface area (Å²) in [5.74, 6) is 0.300. The van der Waals surface area contributed by atoms with Crippen molar-refractivity contribution >= 4 is 38.9 Å². The number of carbonyl (C=O) groups excluding carboxylic acids is 1. The van der Waals surface area contributed by atoms with Gasteiger partial charge in [0, 0.05) is 31.6 Å². The highest BCUT2D eigenvalue weighted by molar-refractivity contribution is 7.92. The molecule has 1 atom stereocenters. The van der Waals surface area contributed by atoms with Crippen molar-refractivity contribution in [2.75, 3.05) is 23.7 Å². The van der Waals surface area contributed by atoms with Crippen molar-refractivity contribution in [2.24, 2.45) is 5.92 Å². The van der Waals surface area contributed by atoms with Gasteiger partial charge in [-0.2, -0.15) is 0 Å². The number of unbranched alkanes of at least 4 members (excludes halogenated alkanes) is 1. The van der Waals surface area contributed by atoms with Crippen LogP contribution in [0.3, 0.4) is 0 Å². The van der Waals surface area contributed by atoms with Crippen LogP contribution in [-0.2, 0) is 14.8 Å². The first-order chi connectivity index (χ1) is 13.6. The second-order valence-electron chi connectivity index (χ2n) is 7.05. The molecule has 10 heteroatoms. The van der Waals surface area contributed by atoms with Gasteiger partial charge in [0.05, 0.1) is 21.9 Å². The van der Waals surface area contributed by atoms with E-state index in [1.807, 2.05) is 0 Å². The second kappa shape index (κ2) is 12.0. The molecule has 164 valence electrons. The van der Waals surface area contributed by atoms with Gasteiger partial charge in [0.15, 0.2) is 0 Å². The van der Waals surface area contributed by atoms with Gasteiger partial charge in [-0.05, 0) is 24.8 Å². The number of sulfonamides is 1. The maximum Gasteiger partial charge on any atom is 0.271 e. The predicted octanol–water partition coefficient (Wildman–Crippen LogP) is 4.13. The molecule has 1 aromatic rings. The molecule has 0 aromatic heterocycles. The highest BCUT2D eigenvalue weighted by atomic mass is 35.5. The van der Waals surface area contributed by atoms with Crippen LogP contribution in [0.2, 0.25) is 5.02 Å². The van der Waals surface area contributed by atoms with E-state index in [0.29, 0.717) is 12.5 Å². The van der Waals surface area contributed by atoms with Gasteiger partial charge in [0.2, 0.25) is 15.9 Å². The minimum Gasteiger partial charge on any atom is -0.356 e. The summed E-state index contributed by atoms with van der Waals surface area (Å²) in [5, 5.41) is 14.0. The van der Waals surface area contributed by atoms with Gasteiger partial charge in [0.25, 0.3) is 5.69 Å². The average Bonchev–Trinajstić information content (AvgIpc) is 2.65. The molecule has 1 rings (SSSR count). The molecule has 29 heavy (non-hydrogen) atoms. The van der Waals surface area contributed by atoms with Crippen LogP contribution in [0.1, 0.15) is 52.4 Å². The van der Waals surface area contributed by atoms with Crippen molar-refractivity contribution in [3.05, 3.63) is 33.3 Å². The fourth-order valence-electron chi connectivity index (χ4n) is 2.94. The Kier molecular flexibility index (Phi) is 10.4. The largest absolute Gasteiger partial charge is 0.356 e. The molecular weight excluding hydrogens is 418 g/mol. The number of anilines is 1. The first-order valence-electron chi connectivity index (χ1n) is 9.78. The van der Waals surface area contributed by atoms with E-state index in [-0.39, 0.29) is 41.7 Å². The minimum atomic E-state index is -3.73. The van der Waals surface area contributed by atoms with Gasteiger partial charge >= 0.3 is 0 Å². The molecule has 0 aliphatic rings. The zero-order valence-electron chi connectivity index (χ0n) is 17.2. The van der Waals surface area contributed by atoms with Crippen LogP contribution in [0, 0.1) is 16.0 Å². The smallest absolute Gasteiger partial charge is 0.271 e. The van der Waals surface area contributed by atoms with Crippen LogP contribution in [0.4, 0.5) is 11.4 Å². The lowest BCUT2D eigenvalue weighted by Gasteiger charge is -2.23. The van der Waals surface area contributed by atoms with Crippen molar-refractivity contribution in [2.45, 2.75) is 52.4 Å². The highest BCUT2D eigenvalue weighted by Gasteiger charge is 2.22. The number of hydrogen-bond acceptors (Lipinski definition) is 5. The van der Waals surface area contributed by atoms with E-state index in [0.717, 1.165) is 42.3 Å². The normalized spacial score (nSPS) is 12.4. The van der Waals surface area contributed by atoms with E-state index in [2.05, 4.69) is 19.2 Å². The van der Waals surface area contributed by atoms with E-state index < -0.39 is 14.9 Å². The number of non-ortho nitro benzene ring substituents is 1. The van der Waals surface area contributed by atoms with E-state index in [4.69, 9.17) is 11.6 Å². The monoisotopic (exact) mass is 447 g/mol. The minimum absolute atomic E-state index is 0.000181. The van der Waals surface area contributed by atoms with E-state index in [1.54, 1.807) is 0 Å². The summed E-state index contributed by atoms with van der Waals surface area (Å²) >= 11 is 6.08. The molecule has 0 aliphatic carbocycles. The maximum atomic E-state index is 12.2. The molecule has 0 saturated heterocycles. The third-order valence-corrected chi connectivity index (χ3v) is 6.21. The Bertz CT molecular complexity index is 801. The molecule has 1 amide bonds. The summed E-state index contributed by atoms with van der Waals surface area (Å²) in [6.07, 6.45) is 5.73. The fraction of sp³-hybridized carbons (Fsp3) is 0.632. The zero-order valence-corrected chi connectivity index (χ0v) is 18.8. The zero-order chi connectivity index (χ0) is 22.0. The van der Waals surface area contributed by atoms with Crippen LogP contribution in [0.25, 0.3) is 0 Å². The van der Waals surface area contributed by atoms with E-state index in [1.165, 1.54) is 12.1 Å². The van der Waals surface area contributed by atoms with E-state index >= 15 is 0 Å². The molecule has 0 aliphatic heterocycles. The first-order valence-corrected chi connectivity index (χ1v) is 12.0. The topological polar surface area (TPSA) is 110 Å². The van der Waals surface area contributed by atoms with Gasteiger partial charge in [-0.1, -0.05) is 44.7 Å². The average molecular weight is 448 g/mol. The Morgan fingerprint density at radius 2 is 2.00 bits per heavy atom.